The molecule has 160 valence electrons. The Kier molecular flexibility index (Phi) is 6.14. The first-order valence-corrected chi connectivity index (χ1v) is 10.7. The molecule has 32 heavy (non-hydrogen) atoms. The Balaban J connectivity index is 1.41. The van der Waals surface area contributed by atoms with Crippen molar-refractivity contribution in [1.29, 1.82) is 5.26 Å². The van der Waals surface area contributed by atoms with Gasteiger partial charge in [-0.3, -0.25) is 9.59 Å². The van der Waals surface area contributed by atoms with Crippen molar-refractivity contribution in [3.63, 3.8) is 0 Å². The molecule has 0 saturated carbocycles. The smallest absolute Gasteiger partial charge is 0.270 e. The molecule has 4 rings (SSSR count). The van der Waals surface area contributed by atoms with Crippen LogP contribution in [-0.2, 0) is 13.0 Å². The predicted octanol–water partition coefficient (Wildman–Crippen LogP) is 3.16. The number of phenols is 1. The topological polar surface area (TPSA) is 128 Å². The van der Waals surface area contributed by atoms with Gasteiger partial charge in [0.2, 0.25) is 0 Å². The average molecular weight is 492 g/mol. The summed E-state index contributed by atoms with van der Waals surface area (Å²) < 4.78 is 0.564. The number of nitrogens with zero attached hydrogens (tertiary/aromatic N) is 3. The van der Waals surface area contributed by atoms with Crippen LogP contribution in [0.3, 0.4) is 0 Å². The molecule has 8 nitrogen and oxygen atoms in total. The van der Waals surface area contributed by atoms with Crippen molar-refractivity contribution in [2.24, 2.45) is 0 Å². The molecule has 3 N–H and O–H groups in total. The van der Waals surface area contributed by atoms with Crippen LogP contribution < -0.4 is 10.6 Å². The van der Waals surface area contributed by atoms with E-state index in [1.54, 1.807) is 24.3 Å². The van der Waals surface area contributed by atoms with Crippen molar-refractivity contribution in [2.75, 3.05) is 0 Å². The van der Waals surface area contributed by atoms with Gasteiger partial charge in [-0.2, -0.15) is 5.26 Å². The molecular weight excluding hydrogens is 474 g/mol. The molecule has 0 unspecified atom stereocenters. The number of hydrogen-bond donors (Lipinski definition) is 3. The van der Waals surface area contributed by atoms with Gasteiger partial charge in [0.05, 0.1) is 22.1 Å². The zero-order valence-corrected chi connectivity index (χ0v) is 18.4. The summed E-state index contributed by atoms with van der Waals surface area (Å²) in [5.74, 6) is -0.782. The van der Waals surface area contributed by atoms with Crippen LogP contribution in [0.15, 0.2) is 53.3 Å². The molecule has 0 bridgehead atoms. The molecule has 0 spiro atoms. The second kappa shape index (κ2) is 9.16. The number of amides is 2. The third-order valence-electron chi connectivity index (χ3n) is 5.25. The van der Waals surface area contributed by atoms with Crippen LogP contribution in [0.4, 0.5) is 0 Å². The number of halogens is 1. The second-order valence-electron chi connectivity index (χ2n) is 7.35. The van der Waals surface area contributed by atoms with E-state index in [9.17, 15) is 14.7 Å². The highest BCUT2D eigenvalue weighted by Crippen LogP contribution is 2.31. The summed E-state index contributed by atoms with van der Waals surface area (Å²) >= 11 is 3.21. The first-order valence-electron chi connectivity index (χ1n) is 9.86. The van der Waals surface area contributed by atoms with Gasteiger partial charge < -0.3 is 15.7 Å². The van der Waals surface area contributed by atoms with Crippen LogP contribution in [0.25, 0.3) is 0 Å². The van der Waals surface area contributed by atoms with Gasteiger partial charge in [-0.25, -0.2) is 9.97 Å². The number of nitriles is 1. The van der Waals surface area contributed by atoms with E-state index >= 15 is 0 Å². The summed E-state index contributed by atoms with van der Waals surface area (Å²) in [6, 6.07) is 13.7. The average Bonchev–Trinajstić information content (AvgIpc) is 3.21. The van der Waals surface area contributed by atoms with Crippen molar-refractivity contribution < 1.29 is 14.7 Å². The number of nitrogens with one attached hydrogen (secondary N) is 2. The molecule has 0 radical (unpaired) electrons. The molecule has 1 aliphatic rings. The van der Waals surface area contributed by atoms with Crippen LogP contribution in [-0.4, -0.2) is 26.9 Å². The quantitative estimate of drug-likeness (QED) is 0.502. The van der Waals surface area contributed by atoms with Crippen LogP contribution in [0, 0.1) is 11.3 Å². The highest BCUT2D eigenvalue weighted by atomic mass is 79.9. The number of benzene rings is 2. The van der Waals surface area contributed by atoms with Crippen molar-refractivity contribution in [1.82, 2.24) is 20.6 Å². The third kappa shape index (κ3) is 4.60. The van der Waals surface area contributed by atoms with E-state index in [1.807, 2.05) is 12.1 Å². The Labute approximate surface area is 192 Å². The first kappa shape index (κ1) is 21.5. The Morgan fingerprint density at radius 1 is 1.12 bits per heavy atom. The van der Waals surface area contributed by atoms with E-state index in [2.05, 4.69) is 42.6 Å². The monoisotopic (exact) mass is 491 g/mol. The van der Waals surface area contributed by atoms with Gasteiger partial charge in [-0.05, 0) is 69.7 Å². The minimum Gasteiger partial charge on any atom is -0.507 e. The fraction of sp³-hybridized carbons (Fsp3) is 0.174. The van der Waals surface area contributed by atoms with Gasteiger partial charge in [-0.1, -0.05) is 12.1 Å². The van der Waals surface area contributed by atoms with Gasteiger partial charge in [-0.15, -0.1) is 0 Å². The van der Waals surface area contributed by atoms with E-state index in [0.717, 1.165) is 24.0 Å². The first-order chi connectivity index (χ1) is 15.4. The third-order valence-corrected chi connectivity index (χ3v) is 5.92. The van der Waals surface area contributed by atoms with Crippen molar-refractivity contribution in [3.8, 4) is 11.8 Å². The Hall–Kier alpha value is -3.77. The Morgan fingerprint density at radius 2 is 1.91 bits per heavy atom. The Morgan fingerprint density at radius 3 is 2.66 bits per heavy atom. The van der Waals surface area contributed by atoms with E-state index < -0.39 is 11.8 Å². The van der Waals surface area contributed by atoms with Gasteiger partial charge in [0.15, 0.2) is 0 Å². The molecule has 2 aromatic carbocycles. The standard InChI is InChI=1S/C23H18BrN5O3/c24-17-5-2-14(8-21(17)30)11-26-22(31)19-9-20(28-12-27-19)23(32)29-18-6-3-15-7-13(10-25)1-4-16(15)18/h1-2,4-5,7-9,12,18,30H,3,6,11H2,(H,26,31)(H,29,32)/t18-/m0/s1. The highest BCUT2D eigenvalue weighted by molar-refractivity contribution is 9.10. The summed E-state index contributed by atoms with van der Waals surface area (Å²) in [5, 5.41) is 24.5. The molecule has 2 amide bonds. The molecule has 1 aliphatic carbocycles. The number of carbonyl (C=O) groups is 2. The van der Waals surface area contributed by atoms with Crippen LogP contribution >= 0.6 is 15.9 Å². The second-order valence-corrected chi connectivity index (χ2v) is 8.20. The summed E-state index contributed by atoms with van der Waals surface area (Å²) in [7, 11) is 0. The molecule has 0 saturated heterocycles. The predicted molar refractivity (Wildman–Crippen MR) is 119 cm³/mol. The molecule has 9 heteroatoms. The summed E-state index contributed by atoms with van der Waals surface area (Å²) in [5.41, 5.74) is 3.51. The summed E-state index contributed by atoms with van der Waals surface area (Å²) in [4.78, 5) is 33.2. The lowest BCUT2D eigenvalue weighted by molar-refractivity contribution is 0.0931. The number of aromatic hydroxyl groups is 1. The molecular formula is C23H18BrN5O3. The van der Waals surface area contributed by atoms with Crippen molar-refractivity contribution in [3.05, 3.63) is 86.9 Å². The van der Waals surface area contributed by atoms with Gasteiger partial charge in [0.25, 0.3) is 11.8 Å². The van der Waals surface area contributed by atoms with Crippen LogP contribution in [0.5, 0.6) is 5.75 Å². The fourth-order valence-electron chi connectivity index (χ4n) is 3.62. The molecule has 1 aromatic heterocycles. The zero-order valence-electron chi connectivity index (χ0n) is 16.8. The maximum absolute atomic E-state index is 12.7. The molecule has 1 heterocycles. The number of rotatable bonds is 5. The van der Waals surface area contributed by atoms with Gasteiger partial charge in [0.1, 0.15) is 23.5 Å². The number of fused-ring (bicyclic) bond motifs is 1. The lowest BCUT2D eigenvalue weighted by Crippen LogP contribution is -2.29. The van der Waals surface area contributed by atoms with Gasteiger partial charge >= 0.3 is 0 Å². The Bertz CT molecular complexity index is 1250. The summed E-state index contributed by atoms with van der Waals surface area (Å²) in [6.45, 7) is 0.189. The van der Waals surface area contributed by atoms with Crippen LogP contribution in [0.2, 0.25) is 0 Å². The number of phenolic OH excluding ortho intramolecular Hbond substituents is 1. The minimum atomic E-state index is -0.459. The number of aryl methyl sites for hydroxylation is 1. The number of hydrogen-bond acceptors (Lipinski definition) is 6. The summed E-state index contributed by atoms with van der Waals surface area (Å²) in [6.07, 6.45) is 2.68. The van der Waals surface area contributed by atoms with E-state index in [-0.39, 0.29) is 29.7 Å². The highest BCUT2D eigenvalue weighted by Gasteiger charge is 2.25. The minimum absolute atomic E-state index is 0.0666. The van der Waals surface area contributed by atoms with Crippen molar-refractivity contribution >= 4 is 27.7 Å². The fourth-order valence-corrected chi connectivity index (χ4v) is 3.86. The van der Waals surface area contributed by atoms with E-state index in [4.69, 9.17) is 5.26 Å². The molecule has 1 atom stereocenters. The van der Waals surface area contributed by atoms with Gasteiger partial charge in [0, 0.05) is 12.6 Å². The maximum atomic E-state index is 12.7. The number of carbonyl (C=O) groups excluding carboxylic acids is 2. The normalized spacial score (nSPS) is 14.3. The van der Waals surface area contributed by atoms with Crippen LogP contribution in [0.1, 0.15) is 55.7 Å². The van der Waals surface area contributed by atoms with Crippen molar-refractivity contribution in [2.45, 2.75) is 25.4 Å². The molecule has 0 fully saturated rings. The zero-order chi connectivity index (χ0) is 22.7. The maximum Gasteiger partial charge on any atom is 0.270 e. The lowest BCUT2D eigenvalue weighted by Gasteiger charge is -2.14. The largest absolute Gasteiger partial charge is 0.507 e. The molecule has 0 aliphatic heterocycles. The SMILES string of the molecule is N#Cc1ccc2c(c1)CC[C@@H]2NC(=O)c1cc(C(=O)NCc2ccc(Br)c(O)c2)ncn1. The lowest BCUT2D eigenvalue weighted by atomic mass is 10.1. The molecule has 3 aromatic rings. The van der Waals surface area contributed by atoms with E-state index in [1.165, 1.54) is 12.4 Å². The van der Waals surface area contributed by atoms with E-state index in [0.29, 0.717) is 15.6 Å². The number of aromatic nitrogens is 2.